The molecule has 0 amide bonds. The van der Waals surface area contributed by atoms with Gasteiger partial charge in [0.05, 0.1) is 12.2 Å². The second-order valence-electron chi connectivity index (χ2n) is 12.7. The maximum absolute atomic E-state index is 13.7. The lowest BCUT2D eigenvalue weighted by molar-refractivity contribution is -0.170. The zero-order valence-corrected chi connectivity index (χ0v) is 21.6. The first-order valence-corrected chi connectivity index (χ1v) is 14.9. The van der Waals surface area contributed by atoms with Crippen molar-refractivity contribution >= 4 is 5.78 Å². The summed E-state index contributed by atoms with van der Waals surface area (Å²) in [7, 11) is 0. The Kier molecular flexibility index (Phi) is 7.58. The normalized spacial score (nSPS) is 46.4. The van der Waals surface area contributed by atoms with E-state index in [1.165, 1.54) is 109 Å². The van der Waals surface area contributed by atoms with E-state index in [1.807, 2.05) is 0 Å². The third-order valence-corrected chi connectivity index (χ3v) is 11.2. The molecule has 0 aliphatic heterocycles. The topological polar surface area (TPSA) is 35.5 Å². The summed E-state index contributed by atoms with van der Waals surface area (Å²) in [5.74, 6) is 4.27. The average Bonchev–Trinajstić information content (AvgIpc) is 2.86. The van der Waals surface area contributed by atoms with Crippen molar-refractivity contribution in [3.05, 3.63) is 0 Å². The number of Topliss-reactive ketones (excluding diaryl/α,β-unsaturated/α-hetero) is 1. The smallest absolute Gasteiger partial charge is 0.145 e. The third kappa shape index (κ3) is 4.84. The summed E-state index contributed by atoms with van der Waals surface area (Å²) in [5.41, 5.74) is 0.197. The highest BCUT2D eigenvalue weighted by atomic mass is 16.5. The van der Waals surface area contributed by atoms with Crippen molar-refractivity contribution in [2.24, 2.45) is 34.5 Å². The Morgan fingerprint density at radius 2 is 0.909 bits per heavy atom. The molecule has 0 aromatic carbocycles. The molecule has 0 unspecified atom stereocenters. The molecule has 5 aliphatic rings. The Morgan fingerprint density at radius 3 is 1.21 bits per heavy atom. The summed E-state index contributed by atoms with van der Waals surface area (Å²) in [6.45, 7) is 5.97. The Hall–Kier alpha value is -0.410. The maximum Gasteiger partial charge on any atom is 0.145 e. The van der Waals surface area contributed by atoms with Crippen molar-refractivity contribution in [2.45, 2.75) is 135 Å². The van der Waals surface area contributed by atoms with Crippen molar-refractivity contribution in [3.63, 3.8) is 0 Å². The molecule has 3 heteroatoms. The van der Waals surface area contributed by atoms with Gasteiger partial charge in [0.2, 0.25) is 0 Å². The number of ketones is 1. The van der Waals surface area contributed by atoms with Gasteiger partial charge in [-0.3, -0.25) is 4.79 Å². The highest BCUT2D eigenvalue weighted by Crippen LogP contribution is 2.65. The van der Waals surface area contributed by atoms with Crippen LogP contribution in [0.4, 0.5) is 0 Å². The van der Waals surface area contributed by atoms with Gasteiger partial charge in [-0.1, -0.05) is 0 Å². The lowest BCUT2D eigenvalue weighted by atomic mass is 9.42. The summed E-state index contributed by atoms with van der Waals surface area (Å²) >= 11 is 0. The van der Waals surface area contributed by atoms with Crippen LogP contribution < -0.4 is 0 Å². The molecule has 0 saturated heterocycles. The van der Waals surface area contributed by atoms with E-state index in [9.17, 15) is 4.79 Å². The Labute approximate surface area is 203 Å². The molecule has 0 N–H and O–H groups in total. The molecule has 5 fully saturated rings. The van der Waals surface area contributed by atoms with Crippen molar-refractivity contribution in [2.75, 3.05) is 13.2 Å². The predicted octanol–water partition coefficient (Wildman–Crippen LogP) is 7.50. The minimum absolute atomic E-state index is 0.0986. The second-order valence-corrected chi connectivity index (χ2v) is 12.7. The lowest BCUT2D eigenvalue weighted by Crippen LogP contribution is -2.60. The van der Waals surface area contributed by atoms with Crippen LogP contribution in [0.1, 0.15) is 123 Å². The standard InChI is InChI=1S/C30H50O3/c1-3-32-26-9-5-22(6-10-26)24-13-17-29(18-14-24)21-30(28(29)31)19-15-25(16-20-30)23-7-11-27(12-8-23)33-4-2/h22-27H,3-21H2,1-2H3/t22?,23?,24-,25?,26?,27?,29-,30-. The van der Waals surface area contributed by atoms with Crippen LogP contribution in [0.25, 0.3) is 0 Å². The molecule has 33 heavy (non-hydrogen) atoms. The molecule has 0 aromatic heterocycles. The van der Waals surface area contributed by atoms with Crippen LogP contribution in [-0.2, 0) is 14.3 Å². The number of ether oxygens (including phenoxy) is 2. The maximum atomic E-state index is 13.7. The highest BCUT2D eigenvalue weighted by Gasteiger charge is 2.63. The minimum Gasteiger partial charge on any atom is -0.379 e. The fourth-order valence-electron chi connectivity index (χ4n) is 9.32. The Bertz CT molecular complexity index is 585. The molecule has 5 aliphatic carbocycles. The molecule has 2 spiro atoms. The Balaban J connectivity index is 1.06. The van der Waals surface area contributed by atoms with Gasteiger partial charge in [0, 0.05) is 24.0 Å². The van der Waals surface area contributed by atoms with Gasteiger partial charge in [0.1, 0.15) is 5.78 Å². The van der Waals surface area contributed by atoms with Crippen molar-refractivity contribution in [3.8, 4) is 0 Å². The van der Waals surface area contributed by atoms with Crippen LogP contribution >= 0.6 is 0 Å². The first-order chi connectivity index (χ1) is 16.1. The summed E-state index contributed by atoms with van der Waals surface area (Å²) < 4.78 is 11.7. The first kappa shape index (κ1) is 24.3. The quantitative estimate of drug-likeness (QED) is 0.413. The van der Waals surface area contributed by atoms with Gasteiger partial charge in [-0.15, -0.1) is 0 Å². The molecule has 5 rings (SSSR count). The predicted molar refractivity (Wildman–Crippen MR) is 133 cm³/mol. The van der Waals surface area contributed by atoms with Gasteiger partial charge in [-0.25, -0.2) is 0 Å². The van der Waals surface area contributed by atoms with Gasteiger partial charge >= 0.3 is 0 Å². The van der Waals surface area contributed by atoms with E-state index in [0.717, 1.165) is 36.9 Å². The van der Waals surface area contributed by atoms with Gasteiger partial charge in [-0.05, 0) is 147 Å². The van der Waals surface area contributed by atoms with Gasteiger partial charge in [0.25, 0.3) is 0 Å². The van der Waals surface area contributed by atoms with Crippen LogP contribution in [0.15, 0.2) is 0 Å². The summed E-state index contributed by atoms with van der Waals surface area (Å²) in [5, 5.41) is 0. The monoisotopic (exact) mass is 458 g/mol. The van der Waals surface area contributed by atoms with E-state index in [4.69, 9.17) is 9.47 Å². The molecule has 188 valence electrons. The fraction of sp³-hybridized carbons (Fsp3) is 0.967. The van der Waals surface area contributed by atoms with Crippen LogP contribution in [-0.4, -0.2) is 31.2 Å². The molecule has 0 atom stereocenters. The molecule has 0 bridgehead atoms. The first-order valence-electron chi connectivity index (χ1n) is 14.9. The lowest BCUT2D eigenvalue weighted by Gasteiger charge is -2.60. The van der Waals surface area contributed by atoms with Crippen molar-refractivity contribution < 1.29 is 14.3 Å². The van der Waals surface area contributed by atoms with Crippen molar-refractivity contribution in [1.82, 2.24) is 0 Å². The Morgan fingerprint density at radius 1 is 0.576 bits per heavy atom. The third-order valence-electron chi connectivity index (χ3n) is 11.2. The molecule has 3 nitrogen and oxygen atoms in total. The molecule has 0 aromatic rings. The van der Waals surface area contributed by atoms with E-state index >= 15 is 0 Å². The molecular formula is C30H50O3. The minimum atomic E-state index is 0.0986. The zero-order valence-electron chi connectivity index (χ0n) is 21.6. The number of carbonyl (C=O) groups excluding carboxylic acids is 1. The number of hydrogen-bond donors (Lipinski definition) is 0. The van der Waals surface area contributed by atoms with Gasteiger partial charge < -0.3 is 9.47 Å². The molecule has 0 radical (unpaired) electrons. The second kappa shape index (κ2) is 10.3. The van der Waals surface area contributed by atoms with Gasteiger partial charge in [0.15, 0.2) is 0 Å². The average molecular weight is 459 g/mol. The van der Waals surface area contributed by atoms with Crippen LogP contribution in [0.2, 0.25) is 0 Å². The van der Waals surface area contributed by atoms with Crippen molar-refractivity contribution in [1.29, 1.82) is 0 Å². The SMILES string of the molecule is CCOC1CCC(C2CC[C@]3(CC2)C[C@@]2(CC[C@H](C4CCC(OCC)CC4)CC2)C3=O)CC1. The van der Waals surface area contributed by atoms with Gasteiger partial charge in [-0.2, -0.15) is 0 Å². The summed E-state index contributed by atoms with van der Waals surface area (Å²) in [4.78, 5) is 13.7. The van der Waals surface area contributed by atoms with Crippen LogP contribution in [0.3, 0.4) is 0 Å². The van der Waals surface area contributed by atoms with E-state index in [1.54, 1.807) is 0 Å². The van der Waals surface area contributed by atoms with Crippen LogP contribution in [0, 0.1) is 34.5 Å². The highest BCUT2D eigenvalue weighted by molar-refractivity contribution is 5.96. The largest absolute Gasteiger partial charge is 0.379 e. The molecule has 5 saturated carbocycles. The number of carbonyl (C=O) groups is 1. The summed E-state index contributed by atoms with van der Waals surface area (Å²) in [6, 6.07) is 0. The fourth-order valence-corrected chi connectivity index (χ4v) is 9.32. The van der Waals surface area contributed by atoms with E-state index in [2.05, 4.69) is 13.8 Å². The molecule has 0 heterocycles. The zero-order chi connectivity index (χ0) is 22.9. The van der Waals surface area contributed by atoms with E-state index < -0.39 is 0 Å². The van der Waals surface area contributed by atoms with E-state index in [0.29, 0.717) is 18.0 Å². The molecular weight excluding hydrogens is 408 g/mol. The number of hydrogen-bond acceptors (Lipinski definition) is 3. The summed E-state index contributed by atoms with van der Waals surface area (Å²) in [6.07, 6.45) is 22.8. The number of rotatable bonds is 6. The van der Waals surface area contributed by atoms with E-state index in [-0.39, 0.29) is 10.8 Å². The van der Waals surface area contributed by atoms with Crippen LogP contribution in [0.5, 0.6) is 0 Å².